The fourth-order valence-corrected chi connectivity index (χ4v) is 2.57. The minimum absolute atomic E-state index is 0.0516. The smallest absolute Gasteiger partial charge is 0.279 e. The van der Waals surface area contributed by atoms with Gasteiger partial charge in [0.2, 0.25) is 0 Å². The van der Waals surface area contributed by atoms with E-state index in [0.717, 1.165) is 18.6 Å². The van der Waals surface area contributed by atoms with Gasteiger partial charge in [0.1, 0.15) is 11.3 Å². The van der Waals surface area contributed by atoms with E-state index in [1.807, 2.05) is 0 Å². The first kappa shape index (κ1) is 13.2. The number of rotatable bonds is 5. The van der Waals surface area contributed by atoms with Gasteiger partial charge in [-0.05, 0) is 36.8 Å². The van der Waals surface area contributed by atoms with E-state index < -0.39 is 4.92 Å². The van der Waals surface area contributed by atoms with Crippen molar-refractivity contribution in [2.24, 2.45) is 5.41 Å². The van der Waals surface area contributed by atoms with Crippen LogP contribution in [-0.4, -0.2) is 22.3 Å². The van der Waals surface area contributed by atoms with Crippen molar-refractivity contribution in [3.8, 4) is 5.75 Å². The Hall–Kier alpha value is -1.82. The summed E-state index contributed by atoms with van der Waals surface area (Å²) in [6.07, 6.45) is 3.86. The summed E-state index contributed by atoms with van der Waals surface area (Å²) in [7, 11) is 0. The van der Waals surface area contributed by atoms with E-state index in [4.69, 9.17) is 4.74 Å². The third-order valence-electron chi connectivity index (χ3n) is 3.73. The van der Waals surface area contributed by atoms with Gasteiger partial charge in [0.05, 0.1) is 16.9 Å². The SMILES string of the molecule is O=[N+]([O-])c1ccc(OCC2(CS)CC2)c2ncccc12. The Bertz CT molecular complexity index is 671. The lowest BCUT2D eigenvalue weighted by Crippen LogP contribution is -2.14. The van der Waals surface area contributed by atoms with Crippen LogP contribution < -0.4 is 4.74 Å². The number of benzene rings is 1. The molecule has 1 aliphatic rings. The molecule has 0 N–H and O–H groups in total. The molecule has 1 aromatic heterocycles. The van der Waals surface area contributed by atoms with Crippen molar-refractivity contribution in [1.82, 2.24) is 4.98 Å². The number of thiol groups is 1. The number of fused-ring (bicyclic) bond motifs is 1. The molecule has 0 amide bonds. The molecule has 0 saturated heterocycles. The van der Waals surface area contributed by atoms with E-state index >= 15 is 0 Å². The molecule has 20 heavy (non-hydrogen) atoms. The predicted octanol–water partition coefficient (Wildman–Crippen LogP) is 3.23. The normalized spacial score (nSPS) is 16.1. The van der Waals surface area contributed by atoms with Crippen LogP contribution in [0.15, 0.2) is 30.5 Å². The van der Waals surface area contributed by atoms with Gasteiger partial charge in [-0.3, -0.25) is 15.1 Å². The number of nitro groups is 1. The van der Waals surface area contributed by atoms with E-state index in [0.29, 0.717) is 23.3 Å². The Labute approximate surface area is 121 Å². The van der Waals surface area contributed by atoms with Crippen LogP contribution >= 0.6 is 12.6 Å². The number of ether oxygens (including phenoxy) is 1. The number of non-ortho nitro benzene ring substituents is 1. The Morgan fingerprint density at radius 2 is 2.20 bits per heavy atom. The Kier molecular flexibility index (Phi) is 3.25. The van der Waals surface area contributed by atoms with Crippen molar-refractivity contribution in [3.63, 3.8) is 0 Å². The quantitative estimate of drug-likeness (QED) is 0.521. The molecule has 1 aliphatic carbocycles. The molecule has 0 atom stereocenters. The molecule has 0 radical (unpaired) electrons. The highest BCUT2D eigenvalue weighted by Gasteiger charge is 2.42. The highest BCUT2D eigenvalue weighted by Crippen LogP contribution is 2.47. The van der Waals surface area contributed by atoms with Crippen LogP contribution in [0, 0.1) is 15.5 Å². The summed E-state index contributed by atoms with van der Waals surface area (Å²) in [6.45, 7) is 0.583. The van der Waals surface area contributed by atoms with Crippen molar-refractivity contribution in [3.05, 3.63) is 40.6 Å². The molecule has 104 valence electrons. The number of hydrogen-bond acceptors (Lipinski definition) is 5. The number of pyridine rings is 1. The Morgan fingerprint density at radius 3 is 2.85 bits per heavy atom. The maximum absolute atomic E-state index is 11.0. The lowest BCUT2D eigenvalue weighted by molar-refractivity contribution is -0.383. The van der Waals surface area contributed by atoms with Crippen LogP contribution in [-0.2, 0) is 0 Å². The van der Waals surface area contributed by atoms with Gasteiger partial charge in [0.15, 0.2) is 0 Å². The molecule has 1 aromatic carbocycles. The Balaban J connectivity index is 1.96. The standard InChI is InChI=1S/C14H14N2O3S/c17-16(18)11-3-4-12(13-10(11)2-1-7-15-13)19-8-14(9-20)5-6-14/h1-4,7,20H,5-6,8-9H2. The van der Waals surface area contributed by atoms with Crippen LogP contribution in [0.5, 0.6) is 5.75 Å². The van der Waals surface area contributed by atoms with Crippen molar-refractivity contribution in [2.75, 3.05) is 12.4 Å². The predicted molar refractivity (Wildman–Crippen MR) is 79.4 cm³/mol. The third-order valence-corrected chi connectivity index (χ3v) is 4.40. The summed E-state index contributed by atoms with van der Waals surface area (Å²) in [5, 5.41) is 11.5. The molecule has 0 unspecified atom stereocenters. The third kappa shape index (κ3) is 2.31. The topological polar surface area (TPSA) is 65.3 Å². The summed E-state index contributed by atoms with van der Waals surface area (Å²) < 4.78 is 5.84. The zero-order valence-corrected chi connectivity index (χ0v) is 11.7. The van der Waals surface area contributed by atoms with Crippen LogP contribution in [0.4, 0.5) is 5.69 Å². The maximum Gasteiger partial charge on any atom is 0.279 e. The summed E-state index contributed by atoms with van der Waals surface area (Å²) in [5.74, 6) is 1.39. The van der Waals surface area contributed by atoms with Gasteiger partial charge in [-0.1, -0.05) is 0 Å². The first-order valence-corrected chi connectivity index (χ1v) is 7.04. The molecule has 1 heterocycles. The monoisotopic (exact) mass is 290 g/mol. The number of nitrogens with zero attached hydrogens (tertiary/aromatic N) is 2. The number of aromatic nitrogens is 1. The average molecular weight is 290 g/mol. The van der Waals surface area contributed by atoms with Gasteiger partial charge in [-0.15, -0.1) is 0 Å². The van der Waals surface area contributed by atoms with E-state index in [2.05, 4.69) is 17.6 Å². The van der Waals surface area contributed by atoms with Crippen LogP contribution in [0.1, 0.15) is 12.8 Å². The minimum Gasteiger partial charge on any atom is -0.491 e. The van der Waals surface area contributed by atoms with Gasteiger partial charge in [-0.2, -0.15) is 12.6 Å². The fraction of sp³-hybridized carbons (Fsp3) is 0.357. The van der Waals surface area contributed by atoms with E-state index in [1.54, 1.807) is 24.4 Å². The molecule has 1 fully saturated rings. The number of nitro benzene ring substituents is 1. The first-order chi connectivity index (χ1) is 9.65. The maximum atomic E-state index is 11.0. The van der Waals surface area contributed by atoms with Crippen LogP contribution in [0.2, 0.25) is 0 Å². The minimum atomic E-state index is -0.399. The zero-order chi connectivity index (χ0) is 14.2. The van der Waals surface area contributed by atoms with Crippen LogP contribution in [0.3, 0.4) is 0 Å². The van der Waals surface area contributed by atoms with E-state index in [-0.39, 0.29) is 11.1 Å². The first-order valence-electron chi connectivity index (χ1n) is 6.41. The summed E-state index contributed by atoms with van der Waals surface area (Å²) >= 11 is 4.34. The second-order valence-electron chi connectivity index (χ2n) is 5.19. The molecule has 6 heteroatoms. The molecular weight excluding hydrogens is 276 g/mol. The molecule has 3 rings (SSSR count). The van der Waals surface area contributed by atoms with E-state index in [9.17, 15) is 10.1 Å². The van der Waals surface area contributed by atoms with Gasteiger partial charge in [-0.25, -0.2) is 0 Å². The lowest BCUT2D eigenvalue weighted by atomic mass is 10.1. The van der Waals surface area contributed by atoms with Gasteiger partial charge in [0, 0.05) is 17.7 Å². The largest absolute Gasteiger partial charge is 0.491 e. The molecule has 2 aromatic rings. The van der Waals surface area contributed by atoms with Crippen molar-refractivity contribution in [2.45, 2.75) is 12.8 Å². The average Bonchev–Trinajstić information content (AvgIpc) is 3.25. The molecule has 0 spiro atoms. The van der Waals surface area contributed by atoms with Gasteiger partial charge < -0.3 is 4.74 Å². The molecule has 5 nitrogen and oxygen atoms in total. The second kappa shape index (κ2) is 4.94. The summed E-state index contributed by atoms with van der Waals surface area (Å²) in [5.41, 5.74) is 0.763. The molecule has 1 saturated carbocycles. The van der Waals surface area contributed by atoms with Crippen molar-refractivity contribution < 1.29 is 9.66 Å². The van der Waals surface area contributed by atoms with Crippen molar-refractivity contribution in [1.29, 1.82) is 0 Å². The highest BCUT2D eigenvalue weighted by molar-refractivity contribution is 7.80. The van der Waals surface area contributed by atoms with E-state index in [1.165, 1.54) is 6.07 Å². The van der Waals surface area contributed by atoms with Crippen molar-refractivity contribution >= 4 is 29.2 Å². The molecular formula is C14H14N2O3S. The zero-order valence-electron chi connectivity index (χ0n) is 10.8. The number of hydrogen-bond donors (Lipinski definition) is 1. The summed E-state index contributed by atoms with van der Waals surface area (Å²) in [4.78, 5) is 14.9. The second-order valence-corrected chi connectivity index (χ2v) is 5.50. The van der Waals surface area contributed by atoms with Gasteiger partial charge >= 0.3 is 0 Å². The fourth-order valence-electron chi connectivity index (χ4n) is 2.16. The summed E-state index contributed by atoms with van der Waals surface area (Å²) in [6, 6.07) is 6.48. The van der Waals surface area contributed by atoms with Gasteiger partial charge in [0.25, 0.3) is 5.69 Å². The molecule has 0 aliphatic heterocycles. The van der Waals surface area contributed by atoms with Crippen LogP contribution in [0.25, 0.3) is 10.9 Å². The highest BCUT2D eigenvalue weighted by atomic mass is 32.1. The molecule has 0 bridgehead atoms. The lowest BCUT2D eigenvalue weighted by Gasteiger charge is -2.14. The Morgan fingerprint density at radius 1 is 1.40 bits per heavy atom.